The monoisotopic (exact) mass is 265 g/mol. The van der Waals surface area contributed by atoms with Gasteiger partial charge in [-0.2, -0.15) is 0 Å². The molecule has 1 aromatic carbocycles. The van der Waals surface area contributed by atoms with Crippen molar-refractivity contribution in [2.75, 3.05) is 19.7 Å². The van der Waals surface area contributed by atoms with Crippen molar-refractivity contribution in [3.05, 3.63) is 35.9 Å². The van der Waals surface area contributed by atoms with E-state index in [9.17, 15) is 14.7 Å². The summed E-state index contributed by atoms with van der Waals surface area (Å²) in [5.74, 6) is -0.842. The lowest BCUT2D eigenvalue weighted by atomic mass is 10.1. The first-order chi connectivity index (χ1) is 9.08. The first-order valence-electron chi connectivity index (χ1n) is 5.96. The molecule has 1 saturated heterocycles. The van der Waals surface area contributed by atoms with Crippen molar-refractivity contribution >= 4 is 12.1 Å². The fourth-order valence-corrected chi connectivity index (χ4v) is 2.01. The fourth-order valence-electron chi connectivity index (χ4n) is 2.01. The summed E-state index contributed by atoms with van der Waals surface area (Å²) in [5.41, 5.74) is 0.435. The molecule has 2 N–H and O–H groups in total. The Labute approximate surface area is 110 Å². The first kappa shape index (κ1) is 13.4. The molecule has 0 saturated carbocycles. The Bertz CT molecular complexity index is 461. The van der Waals surface area contributed by atoms with Crippen LogP contribution in [0.15, 0.2) is 30.3 Å². The molecule has 0 radical (unpaired) electrons. The maximum absolute atomic E-state index is 11.7. The predicted octanol–water partition coefficient (Wildman–Crippen LogP) is 0.814. The highest BCUT2D eigenvalue weighted by molar-refractivity contribution is 5.89. The minimum atomic E-state index is -1.07. The molecule has 1 aliphatic heterocycles. The van der Waals surface area contributed by atoms with E-state index in [-0.39, 0.29) is 25.6 Å². The van der Waals surface area contributed by atoms with Gasteiger partial charge in [0.25, 0.3) is 0 Å². The van der Waals surface area contributed by atoms with Crippen LogP contribution in [0.4, 0.5) is 4.79 Å². The lowest BCUT2D eigenvalue weighted by Gasteiger charge is -2.13. The Morgan fingerprint density at radius 3 is 2.53 bits per heavy atom. The third-order valence-electron chi connectivity index (χ3n) is 3.12. The molecule has 0 bridgehead atoms. The van der Waals surface area contributed by atoms with E-state index in [0.29, 0.717) is 5.56 Å². The number of β-amino-alcohol motifs (C(OH)–C–C–N with tert-alkyl or cyclic N) is 1. The molecule has 0 spiro atoms. The van der Waals surface area contributed by atoms with Crippen molar-refractivity contribution in [2.45, 2.75) is 6.10 Å². The van der Waals surface area contributed by atoms with Crippen molar-refractivity contribution in [3.8, 4) is 0 Å². The summed E-state index contributed by atoms with van der Waals surface area (Å²) < 4.78 is 5.09. The Morgan fingerprint density at radius 2 is 1.95 bits per heavy atom. The van der Waals surface area contributed by atoms with E-state index < -0.39 is 18.2 Å². The third kappa shape index (κ3) is 3.23. The number of carboxylic acid groups (broad SMARTS) is 1. The van der Waals surface area contributed by atoms with E-state index in [0.717, 1.165) is 4.90 Å². The van der Waals surface area contributed by atoms with E-state index in [1.807, 2.05) is 0 Å². The van der Waals surface area contributed by atoms with Crippen molar-refractivity contribution in [1.82, 2.24) is 4.90 Å². The molecule has 2 rings (SSSR count). The van der Waals surface area contributed by atoms with Crippen LogP contribution in [-0.2, 0) is 4.74 Å². The molecule has 1 amide bonds. The van der Waals surface area contributed by atoms with Crippen molar-refractivity contribution in [1.29, 1.82) is 0 Å². The van der Waals surface area contributed by atoms with Gasteiger partial charge < -0.3 is 19.8 Å². The molecule has 6 nitrogen and oxygen atoms in total. The molecular formula is C13H15NO5. The maximum atomic E-state index is 11.7. The zero-order valence-electron chi connectivity index (χ0n) is 10.2. The smallest absolute Gasteiger partial charge is 0.407 e. The highest BCUT2D eigenvalue weighted by Gasteiger charge is 2.34. The fraction of sp³-hybridized carbons (Fsp3) is 0.385. The van der Waals surface area contributed by atoms with Crippen molar-refractivity contribution < 1.29 is 24.5 Å². The highest BCUT2D eigenvalue weighted by atomic mass is 16.5. The lowest BCUT2D eigenvalue weighted by Crippen LogP contribution is -2.27. The number of rotatable bonds is 3. The lowest BCUT2D eigenvalue weighted by molar-refractivity contribution is 0.0335. The molecule has 0 aromatic heterocycles. The first-order valence-corrected chi connectivity index (χ1v) is 5.96. The van der Waals surface area contributed by atoms with Crippen LogP contribution in [0.1, 0.15) is 10.4 Å². The number of benzene rings is 1. The average molecular weight is 265 g/mol. The van der Waals surface area contributed by atoms with E-state index in [1.165, 1.54) is 0 Å². The van der Waals surface area contributed by atoms with Crippen LogP contribution < -0.4 is 0 Å². The van der Waals surface area contributed by atoms with Gasteiger partial charge in [0.05, 0.1) is 24.8 Å². The second-order valence-corrected chi connectivity index (χ2v) is 4.48. The number of hydrogen-bond acceptors (Lipinski definition) is 4. The zero-order valence-corrected chi connectivity index (χ0v) is 10.2. The van der Waals surface area contributed by atoms with Crippen LogP contribution in [0.2, 0.25) is 0 Å². The highest BCUT2D eigenvalue weighted by Crippen LogP contribution is 2.18. The molecule has 0 aliphatic carbocycles. The van der Waals surface area contributed by atoms with E-state index >= 15 is 0 Å². The summed E-state index contributed by atoms with van der Waals surface area (Å²) >= 11 is 0. The van der Waals surface area contributed by atoms with Gasteiger partial charge >= 0.3 is 12.1 Å². The number of likely N-dealkylation sites (tertiary alicyclic amines) is 1. The van der Waals surface area contributed by atoms with Crippen LogP contribution in [0.5, 0.6) is 0 Å². The van der Waals surface area contributed by atoms with Gasteiger partial charge in [-0.15, -0.1) is 0 Å². The summed E-state index contributed by atoms with van der Waals surface area (Å²) in [5, 5.41) is 18.5. The SMILES string of the molecule is O=C(OCC1CN(C(=O)O)CC1O)c1ccccc1. The molecular weight excluding hydrogens is 250 g/mol. The largest absolute Gasteiger partial charge is 0.465 e. The number of aliphatic hydroxyl groups excluding tert-OH is 1. The van der Waals surface area contributed by atoms with E-state index in [2.05, 4.69) is 0 Å². The second-order valence-electron chi connectivity index (χ2n) is 4.48. The number of nitrogens with zero attached hydrogens (tertiary/aromatic N) is 1. The van der Waals surface area contributed by atoms with E-state index in [4.69, 9.17) is 9.84 Å². The number of ether oxygens (including phenoxy) is 1. The quantitative estimate of drug-likeness (QED) is 0.790. The molecule has 1 fully saturated rings. The van der Waals surface area contributed by atoms with Gasteiger partial charge in [0.2, 0.25) is 0 Å². The third-order valence-corrected chi connectivity index (χ3v) is 3.12. The summed E-state index contributed by atoms with van der Waals surface area (Å²) in [4.78, 5) is 23.6. The van der Waals surface area contributed by atoms with Crippen LogP contribution >= 0.6 is 0 Å². The Kier molecular flexibility index (Phi) is 4.01. The molecule has 2 unspecified atom stereocenters. The number of esters is 1. The molecule has 102 valence electrons. The molecule has 1 heterocycles. The summed E-state index contributed by atoms with van der Waals surface area (Å²) in [6, 6.07) is 8.52. The van der Waals surface area contributed by atoms with Gasteiger partial charge in [-0.3, -0.25) is 0 Å². The van der Waals surface area contributed by atoms with Gasteiger partial charge in [0, 0.05) is 12.5 Å². The van der Waals surface area contributed by atoms with Crippen LogP contribution in [0.3, 0.4) is 0 Å². The van der Waals surface area contributed by atoms with Gasteiger partial charge in [-0.25, -0.2) is 9.59 Å². The predicted molar refractivity (Wildman–Crippen MR) is 65.8 cm³/mol. The maximum Gasteiger partial charge on any atom is 0.407 e. The minimum absolute atomic E-state index is 0.0126. The molecule has 19 heavy (non-hydrogen) atoms. The normalized spacial score (nSPS) is 22.3. The van der Waals surface area contributed by atoms with Crippen molar-refractivity contribution in [3.63, 3.8) is 0 Å². The average Bonchev–Trinajstić information content (AvgIpc) is 2.79. The van der Waals surface area contributed by atoms with Gasteiger partial charge in [0.1, 0.15) is 0 Å². The number of hydrogen-bond donors (Lipinski definition) is 2. The number of amides is 1. The summed E-state index contributed by atoms with van der Waals surface area (Å²) in [7, 11) is 0. The van der Waals surface area contributed by atoms with Gasteiger partial charge in [-0.1, -0.05) is 18.2 Å². The molecule has 6 heteroatoms. The molecule has 2 atom stereocenters. The molecule has 1 aromatic rings. The van der Waals surface area contributed by atoms with E-state index in [1.54, 1.807) is 30.3 Å². The Balaban J connectivity index is 1.86. The topological polar surface area (TPSA) is 87.1 Å². The zero-order chi connectivity index (χ0) is 13.8. The molecule has 1 aliphatic rings. The van der Waals surface area contributed by atoms with Gasteiger partial charge in [0.15, 0.2) is 0 Å². The van der Waals surface area contributed by atoms with Gasteiger partial charge in [-0.05, 0) is 12.1 Å². The van der Waals surface area contributed by atoms with Crippen molar-refractivity contribution in [2.24, 2.45) is 5.92 Å². The van der Waals surface area contributed by atoms with Crippen LogP contribution in [0, 0.1) is 5.92 Å². The minimum Gasteiger partial charge on any atom is -0.465 e. The number of carbonyl (C=O) groups is 2. The summed E-state index contributed by atoms with van der Waals surface area (Å²) in [6.45, 7) is 0.250. The van der Waals surface area contributed by atoms with Crippen LogP contribution in [0.25, 0.3) is 0 Å². The Hall–Kier alpha value is -2.08. The Morgan fingerprint density at radius 1 is 1.26 bits per heavy atom. The number of carbonyl (C=O) groups excluding carboxylic acids is 1. The van der Waals surface area contributed by atoms with Crippen LogP contribution in [-0.4, -0.2) is 53.0 Å². The number of aliphatic hydroxyl groups is 1. The summed E-state index contributed by atoms with van der Waals surface area (Å²) in [6.07, 6.45) is -1.87. The standard InChI is InChI=1S/C13H15NO5/c15-11-7-14(13(17)18)6-10(11)8-19-12(16)9-4-2-1-3-5-9/h1-5,10-11,15H,6-8H2,(H,17,18). The second kappa shape index (κ2) is 5.71.